The zero-order valence-corrected chi connectivity index (χ0v) is 8.32. The molecule has 3 amide bonds. The first kappa shape index (κ1) is 11.3. The van der Waals surface area contributed by atoms with E-state index in [2.05, 4.69) is 10.6 Å². The van der Waals surface area contributed by atoms with Crippen molar-refractivity contribution in [2.45, 2.75) is 12.5 Å². The van der Waals surface area contributed by atoms with Crippen LogP contribution in [0.25, 0.3) is 0 Å². The van der Waals surface area contributed by atoms with Gasteiger partial charge >= 0.3 is 12.0 Å². The first-order chi connectivity index (χ1) is 6.99. The van der Waals surface area contributed by atoms with Gasteiger partial charge in [0.25, 0.3) is 0 Å². The molecule has 1 heterocycles. The van der Waals surface area contributed by atoms with Crippen molar-refractivity contribution >= 4 is 17.9 Å². The molecule has 0 saturated carbocycles. The van der Waals surface area contributed by atoms with Gasteiger partial charge in [-0.05, 0) is 0 Å². The Morgan fingerprint density at radius 3 is 2.80 bits per heavy atom. The molecular formula is C8H13N3O4. The highest BCUT2D eigenvalue weighted by atomic mass is 16.4. The third kappa shape index (κ3) is 3.45. The van der Waals surface area contributed by atoms with Crippen LogP contribution in [-0.4, -0.2) is 54.1 Å². The molecule has 1 saturated heterocycles. The minimum Gasteiger partial charge on any atom is -0.480 e. The highest BCUT2D eigenvalue weighted by Crippen LogP contribution is 1.99. The van der Waals surface area contributed by atoms with Crippen LogP contribution in [0.5, 0.6) is 0 Å². The SMILES string of the molecule is CN(CC(=O)O)C(=O)NC1CNC(=O)C1. The summed E-state index contributed by atoms with van der Waals surface area (Å²) < 4.78 is 0. The average Bonchev–Trinajstić information content (AvgIpc) is 2.50. The van der Waals surface area contributed by atoms with Crippen LogP contribution >= 0.6 is 0 Å². The second kappa shape index (κ2) is 4.63. The summed E-state index contributed by atoms with van der Waals surface area (Å²) in [5, 5.41) is 13.6. The van der Waals surface area contributed by atoms with Crippen molar-refractivity contribution in [2.24, 2.45) is 0 Å². The number of nitrogens with zero attached hydrogens (tertiary/aromatic N) is 1. The number of carboxylic acids is 1. The molecule has 0 spiro atoms. The van der Waals surface area contributed by atoms with Crippen LogP contribution in [0.3, 0.4) is 0 Å². The minimum atomic E-state index is -1.08. The van der Waals surface area contributed by atoms with Crippen LogP contribution in [0, 0.1) is 0 Å². The van der Waals surface area contributed by atoms with Crippen LogP contribution in [0.2, 0.25) is 0 Å². The molecule has 0 aromatic carbocycles. The molecule has 0 radical (unpaired) electrons. The number of hydrogen-bond donors (Lipinski definition) is 3. The van der Waals surface area contributed by atoms with Crippen molar-refractivity contribution in [3.05, 3.63) is 0 Å². The molecule has 7 heteroatoms. The number of hydrogen-bond acceptors (Lipinski definition) is 3. The van der Waals surface area contributed by atoms with E-state index in [0.29, 0.717) is 6.54 Å². The van der Waals surface area contributed by atoms with Gasteiger partial charge in [0.05, 0.1) is 6.04 Å². The molecule has 0 bridgehead atoms. The van der Waals surface area contributed by atoms with E-state index in [0.717, 1.165) is 4.90 Å². The maximum atomic E-state index is 11.4. The highest BCUT2D eigenvalue weighted by Gasteiger charge is 2.24. The number of likely N-dealkylation sites (N-methyl/N-ethyl adjacent to an activating group) is 1. The van der Waals surface area contributed by atoms with Crippen molar-refractivity contribution in [1.82, 2.24) is 15.5 Å². The van der Waals surface area contributed by atoms with E-state index in [9.17, 15) is 14.4 Å². The van der Waals surface area contributed by atoms with E-state index in [4.69, 9.17) is 5.11 Å². The topological polar surface area (TPSA) is 98.7 Å². The Balaban J connectivity index is 2.35. The fraction of sp³-hybridized carbons (Fsp3) is 0.625. The summed E-state index contributed by atoms with van der Waals surface area (Å²) in [5.74, 6) is -1.19. The van der Waals surface area contributed by atoms with E-state index < -0.39 is 12.0 Å². The lowest BCUT2D eigenvalue weighted by molar-refractivity contribution is -0.137. The summed E-state index contributed by atoms with van der Waals surface area (Å²) in [5.41, 5.74) is 0. The summed E-state index contributed by atoms with van der Waals surface area (Å²) in [6.45, 7) is 0.0331. The molecule has 15 heavy (non-hydrogen) atoms. The molecular weight excluding hydrogens is 202 g/mol. The van der Waals surface area contributed by atoms with Gasteiger partial charge in [0, 0.05) is 20.0 Å². The molecule has 1 aliphatic heterocycles. The van der Waals surface area contributed by atoms with Crippen molar-refractivity contribution in [2.75, 3.05) is 20.1 Å². The van der Waals surface area contributed by atoms with Crippen molar-refractivity contribution in [1.29, 1.82) is 0 Å². The number of nitrogens with one attached hydrogen (secondary N) is 2. The maximum Gasteiger partial charge on any atom is 0.323 e. The Bertz CT molecular complexity index is 292. The van der Waals surface area contributed by atoms with Gasteiger partial charge in [-0.1, -0.05) is 0 Å². The van der Waals surface area contributed by atoms with Crippen LogP contribution in [0.15, 0.2) is 0 Å². The smallest absolute Gasteiger partial charge is 0.323 e. The molecule has 7 nitrogen and oxygen atoms in total. The second-order valence-corrected chi connectivity index (χ2v) is 3.40. The molecule has 1 rings (SSSR count). The molecule has 1 atom stereocenters. The van der Waals surface area contributed by atoms with Gasteiger partial charge in [-0.25, -0.2) is 4.79 Å². The Hall–Kier alpha value is -1.79. The minimum absolute atomic E-state index is 0.110. The molecule has 1 fully saturated rings. The summed E-state index contributed by atoms with van der Waals surface area (Å²) >= 11 is 0. The monoisotopic (exact) mass is 215 g/mol. The van der Waals surface area contributed by atoms with Gasteiger partial charge in [-0.15, -0.1) is 0 Å². The number of carboxylic acid groups (broad SMARTS) is 1. The number of urea groups is 1. The Morgan fingerprint density at radius 1 is 1.67 bits per heavy atom. The Morgan fingerprint density at radius 2 is 2.33 bits per heavy atom. The van der Waals surface area contributed by atoms with Gasteiger partial charge in [0.1, 0.15) is 6.54 Å². The highest BCUT2D eigenvalue weighted by molar-refractivity contribution is 5.83. The molecule has 1 unspecified atom stereocenters. The Kier molecular flexibility index (Phi) is 3.48. The standard InChI is InChI=1S/C8H13N3O4/c1-11(4-7(13)14)8(15)10-5-2-6(12)9-3-5/h5H,2-4H2,1H3,(H,9,12)(H,10,15)(H,13,14). The van der Waals surface area contributed by atoms with E-state index in [1.54, 1.807) is 0 Å². The van der Waals surface area contributed by atoms with Crippen molar-refractivity contribution in [3.8, 4) is 0 Å². The van der Waals surface area contributed by atoms with Gasteiger partial charge in [-0.3, -0.25) is 9.59 Å². The molecule has 3 N–H and O–H groups in total. The van der Waals surface area contributed by atoms with E-state index in [1.165, 1.54) is 7.05 Å². The number of carbonyl (C=O) groups is 3. The van der Waals surface area contributed by atoms with E-state index in [-0.39, 0.29) is 24.9 Å². The van der Waals surface area contributed by atoms with Crippen molar-refractivity contribution in [3.63, 3.8) is 0 Å². The lowest BCUT2D eigenvalue weighted by Gasteiger charge is -2.18. The zero-order chi connectivity index (χ0) is 11.4. The third-order valence-electron chi connectivity index (χ3n) is 2.02. The molecule has 0 aromatic rings. The lowest BCUT2D eigenvalue weighted by atomic mass is 10.2. The molecule has 1 aliphatic rings. The number of rotatable bonds is 3. The summed E-state index contributed by atoms with van der Waals surface area (Å²) in [4.78, 5) is 33.5. The largest absolute Gasteiger partial charge is 0.480 e. The molecule has 0 aliphatic carbocycles. The van der Waals surface area contributed by atoms with Crippen LogP contribution in [-0.2, 0) is 9.59 Å². The summed E-state index contributed by atoms with van der Waals surface area (Å²) in [7, 11) is 1.38. The number of carbonyl (C=O) groups excluding carboxylic acids is 2. The van der Waals surface area contributed by atoms with Gasteiger partial charge in [-0.2, -0.15) is 0 Å². The van der Waals surface area contributed by atoms with E-state index >= 15 is 0 Å². The zero-order valence-electron chi connectivity index (χ0n) is 8.32. The number of aliphatic carboxylic acids is 1. The Labute approximate surface area is 86.4 Å². The average molecular weight is 215 g/mol. The fourth-order valence-electron chi connectivity index (χ4n) is 1.27. The van der Waals surface area contributed by atoms with Gasteiger partial charge in [0.2, 0.25) is 5.91 Å². The normalized spacial score (nSPS) is 19.5. The maximum absolute atomic E-state index is 11.4. The summed E-state index contributed by atoms with van der Waals surface area (Å²) in [6, 6.07) is -0.736. The van der Waals surface area contributed by atoms with Gasteiger partial charge < -0.3 is 20.6 Å². The lowest BCUT2D eigenvalue weighted by Crippen LogP contribution is -2.45. The van der Waals surface area contributed by atoms with E-state index in [1.807, 2.05) is 0 Å². The number of amides is 3. The predicted octanol–water partition coefficient (Wildman–Crippen LogP) is -1.40. The van der Waals surface area contributed by atoms with Crippen LogP contribution in [0.4, 0.5) is 4.79 Å². The van der Waals surface area contributed by atoms with Crippen molar-refractivity contribution < 1.29 is 19.5 Å². The fourth-order valence-corrected chi connectivity index (χ4v) is 1.27. The first-order valence-corrected chi connectivity index (χ1v) is 4.49. The summed E-state index contributed by atoms with van der Waals surface area (Å²) in [6.07, 6.45) is 0.243. The first-order valence-electron chi connectivity index (χ1n) is 4.49. The quantitative estimate of drug-likeness (QED) is 0.539. The van der Waals surface area contributed by atoms with Crippen LogP contribution in [0.1, 0.15) is 6.42 Å². The third-order valence-corrected chi connectivity index (χ3v) is 2.02. The van der Waals surface area contributed by atoms with Gasteiger partial charge in [0.15, 0.2) is 0 Å². The van der Waals surface area contributed by atoms with Crippen LogP contribution < -0.4 is 10.6 Å². The second-order valence-electron chi connectivity index (χ2n) is 3.40. The predicted molar refractivity (Wildman–Crippen MR) is 50.2 cm³/mol. The molecule has 0 aromatic heterocycles. The molecule has 84 valence electrons.